The van der Waals surface area contributed by atoms with Crippen molar-refractivity contribution in [2.24, 2.45) is 10.9 Å². The molecule has 0 aliphatic rings. The molecule has 1 unspecified atom stereocenters. The topological polar surface area (TPSA) is 12.4 Å². The third-order valence-corrected chi connectivity index (χ3v) is 2.03. The maximum atomic E-state index is 4.42. The summed E-state index contributed by atoms with van der Waals surface area (Å²) in [5.41, 5.74) is 1.20. The largest absolute Gasteiger partial charge is 0.265 e. The van der Waals surface area contributed by atoms with E-state index in [9.17, 15) is 0 Å². The number of aliphatic imine (C=N–C) groups is 1. The van der Waals surface area contributed by atoms with Crippen molar-refractivity contribution in [3.8, 4) is 0 Å². The van der Waals surface area contributed by atoms with Crippen LogP contribution in [0.25, 0.3) is 0 Å². The van der Waals surface area contributed by atoms with Crippen LogP contribution in [-0.4, -0.2) is 6.21 Å². The lowest BCUT2D eigenvalue weighted by Gasteiger charge is -2.09. The molecule has 0 aromatic carbocycles. The molecule has 74 valence electrons. The minimum atomic E-state index is 0.580. The molecule has 0 aromatic rings. The Kier molecular flexibility index (Phi) is 7.27. The first-order chi connectivity index (χ1) is 6.26. The molecule has 0 aliphatic carbocycles. The SMILES string of the molecule is C=CCC=N/C(=C\C)C(C)CCC. The van der Waals surface area contributed by atoms with Crippen molar-refractivity contribution in [1.82, 2.24) is 0 Å². The summed E-state index contributed by atoms with van der Waals surface area (Å²) < 4.78 is 0. The van der Waals surface area contributed by atoms with Crippen LogP contribution in [0.3, 0.4) is 0 Å². The van der Waals surface area contributed by atoms with Gasteiger partial charge >= 0.3 is 0 Å². The second-order valence-corrected chi connectivity index (χ2v) is 3.24. The maximum absolute atomic E-state index is 4.42. The van der Waals surface area contributed by atoms with Gasteiger partial charge in [-0.15, -0.1) is 6.58 Å². The van der Waals surface area contributed by atoms with Gasteiger partial charge in [0.15, 0.2) is 0 Å². The lowest BCUT2D eigenvalue weighted by molar-refractivity contribution is 0.596. The van der Waals surface area contributed by atoms with E-state index in [1.54, 1.807) is 0 Å². The molecule has 1 nitrogen and oxygen atoms in total. The van der Waals surface area contributed by atoms with E-state index in [1.807, 2.05) is 19.2 Å². The van der Waals surface area contributed by atoms with Crippen LogP contribution in [0.2, 0.25) is 0 Å². The Hall–Kier alpha value is -0.850. The molecule has 0 amide bonds. The van der Waals surface area contributed by atoms with E-state index in [0.29, 0.717) is 5.92 Å². The van der Waals surface area contributed by atoms with E-state index in [4.69, 9.17) is 0 Å². The summed E-state index contributed by atoms with van der Waals surface area (Å²) in [5.74, 6) is 0.580. The van der Waals surface area contributed by atoms with Crippen LogP contribution in [0.5, 0.6) is 0 Å². The second kappa shape index (κ2) is 7.78. The number of hydrogen-bond acceptors (Lipinski definition) is 1. The monoisotopic (exact) mass is 179 g/mol. The molecule has 1 heteroatoms. The lowest BCUT2D eigenvalue weighted by atomic mass is 10.0. The van der Waals surface area contributed by atoms with E-state index >= 15 is 0 Å². The molecule has 0 fully saturated rings. The highest BCUT2D eigenvalue weighted by molar-refractivity contribution is 5.60. The number of allylic oxidation sites excluding steroid dienone is 3. The molecule has 0 N–H and O–H groups in total. The number of nitrogens with zero attached hydrogens (tertiary/aromatic N) is 1. The quantitative estimate of drug-likeness (QED) is 0.432. The van der Waals surface area contributed by atoms with Crippen molar-refractivity contribution in [1.29, 1.82) is 0 Å². The molecule has 13 heavy (non-hydrogen) atoms. The van der Waals surface area contributed by atoms with Crippen molar-refractivity contribution in [3.63, 3.8) is 0 Å². The highest BCUT2D eigenvalue weighted by Gasteiger charge is 2.03. The number of hydrogen-bond donors (Lipinski definition) is 0. The molecule has 0 heterocycles. The normalized spacial score (nSPS) is 14.8. The highest BCUT2D eigenvalue weighted by Crippen LogP contribution is 2.16. The van der Waals surface area contributed by atoms with Gasteiger partial charge in [0.05, 0.1) is 0 Å². The summed E-state index contributed by atoms with van der Waals surface area (Å²) in [6.45, 7) is 10.1. The predicted molar refractivity (Wildman–Crippen MR) is 61.1 cm³/mol. The van der Waals surface area contributed by atoms with Gasteiger partial charge < -0.3 is 0 Å². The molecule has 0 rings (SSSR count). The minimum absolute atomic E-state index is 0.580. The van der Waals surface area contributed by atoms with Crippen LogP contribution in [0.1, 0.15) is 40.0 Å². The fraction of sp³-hybridized carbons (Fsp3) is 0.583. The molecular formula is C12H21N. The van der Waals surface area contributed by atoms with Crippen molar-refractivity contribution in [2.45, 2.75) is 40.0 Å². The third kappa shape index (κ3) is 5.40. The van der Waals surface area contributed by atoms with E-state index in [1.165, 1.54) is 18.5 Å². The zero-order chi connectivity index (χ0) is 10.1. The van der Waals surface area contributed by atoms with Gasteiger partial charge in [-0.1, -0.05) is 32.4 Å². The first-order valence-electron chi connectivity index (χ1n) is 5.05. The fourth-order valence-electron chi connectivity index (χ4n) is 1.30. The standard InChI is InChI=1S/C12H21N/c1-5-8-10-13-12(7-3)11(4)9-6-2/h5,7,10-11H,1,6,8-9H2,2-4H3/b12-7-,13-10?. The van der Waals surface area contributed by atoms with E-state index in [2.05, 4.69) is 31.5 Å². The average Bonchev–Trinajstić information content (AvgIpc) is 2.13. The van der Waals surface area contributed by atoms with Gasteiger partial charge in [0.25, 0.3) is 0 Å². The zero-order valence-corrected chi connectivity index (χ0v) is 9.09. The van der Waals surface area contributed by atoms with Gasteiger partial charge in [-0.3, -0.25) is 4.99 Å². The Balaban J connectivity index is 4.10. The van der Waals surface area contributed by atoms with Crippen LogP contribution in [0.15, 0.2) is 29.4 Å². The van der Waals surface area contributed by atoms with E-state index < -0.39 is 0 Å². The molecule has 1 atom stereocenters. The fourth-order valence-corrected chi connectivity index (χ4v) is 1.30. The molecule has 0 aromatic heterocycles. The van der Waals surface area contributed by atoms with Crippen molar-refractivity contribution < 1.29 is 0 Å². The summed E-state index contributed by atoms with van der Waals surface area (Å²) in [6, 6.07) is 0. The van der Waals surface area contributed by atoms with Crippen LogP contribution in [0, 0.1) is 5.92 Å². The molecule has 0 bridgehead atoms. The van der Waals surface area contributed by atoms with Crippen LogP contribution >= 0.6 is 0 Å². The Morgan fingerprint density at radius 3 is 2.69 bits per heavy atom. The Morgan fingerprint density at radius 2 is 2.23 bits per heavy atom. The molecule has 0 saturated heterocycles. The average molecular weight is 179 g/mol. The second-order valence-electron chi connectivity index (χ2n) is 3.24. The summed E-state index contributed by atoms with van der Waals surface area (Å²) in [6.07, 6.45) is 9.17. The maximum Gasteiger partial charge on any atom is 0.0385 e. The van der Waals surface area contributed by atoms with Crippen molar-refractivity contribution in [2.75, 3.05) is 0 Å². The minimum Gasteiger partial charge on any atom is -0.265 e. The van der Waals surface area contributed by atoms with Gasteiger partial charge in [0.2, 0.25) is 0 Å². The Morgan fingerprint density at radius 1 is 1.54 bits per heavy atom. The summed E-state index contributed by atoms with van der Waals surface area (Å²) in [5, 5.41) is 0. The summed E-state index contributed by atoms with van der Waals surface area (Å²) >= 11 is 0. The van der Waals surface area contributed by atoms with Crippen LogP contribution in [-0.2, 0) is 0 Å². The number of rotatable bonds is 6. The molecule has 0 radical (unpaired) electrons. The van der Waals surface area contributed by atoms with E-state index in [-0.39, 0.29) is 0 Å². The first kappa shape index (κ1) is 12.2. The van der Waals surface area contributed by atoms with Crippen molar-refractivity contribution >= 4 is 6.21 Å². The van der Waals surface area contributed by atoms with Crippen LogP contribution < -0.4 is 0 Å². The molecule has 0 spiro atoms. The van der Waals surface area contributed by atoms with E-state index in [0.717, 1.165) is 6.42 Å². The van der Waals surface area contributed by atoms with Gasteiger partial charge in [0.1, 0.15) is 0 Å². The zero-order valence-electron chi connectivity index (χ0n) is 9.09. The summed E-state index contributed by atoms with van der Waals surface area (Å²) in [4.78, 5) is 4.42. The smallest absolute Gasteiger partial charge is 0.0385 e. The highest BCUT2D eigenvalue weighted by atomic mass is 14.7. The van der Waals surface area contributed by atoms with Gasteiger partial charge in [-0.25, -0.2) is 0 Å². The van der Waals surface area contributed by atoms with Gasteiger partial charge in [-0.05, 0) is 19.3 Å². The summed E-state index contributed by atoms with van der Waals surface area (Å²) in [7, 11) is 0. The first-order valence-corrected chi connectivity index (χ1v) is 5.05. The Labute approximate surface area is 82.3 Å². The van der Waals surface area contributed by atoms with Crippen LogP contribution in [0.4, 0.5) is 0 Å². The van der Waals surface area contributed by atoms with Gasteiger partial charge in [-0.2, -0.15) is 0 Å². The van der Waals surface area contributed by atoms with Gasteiger partial charge in [0, 0.05) is 18.3 Å². The molecule has 0 saturated carbocycles. The molecular weight excluding hydrogens is 158 g/mol. The third-order valence-electron chi connectivity index (χ3n) is 2.03. The Bertz CT molecular complexity index is 189. The van der Waals surface area contributed by atoms with Crippen molar-refractivity contribution in [3.05, 3.63) is 24.4 Å². The predicted octanol–water partition coefficient (Wildman–Crippen LogP) is 3.97. The molecule has 0 aliphatic heterocycles. The lowest BCUT2D eigenvalue weighted by Crippen LogP contribution is -1.96.